The summed E-state index contributed by atoms with van der Waals surface area (Å²) >= 11 is 0. The van der Waals surface area contributed by atoms with E-state index in [1.54, 1.807) is 26.1 Å². The van der Waals surface area contributed by atoms with Crippen molar-refractivity contribution in [1.82, 2.24) is 4.90 Å². The monoisotopic (exact) mass is 288 g/mol. The molecule has 0 N–H and O–H groups in total. The van der Waals surface area contributed by atoms with Gasteiger partial charge in [0.25, 0.3) is 11.6 Å². The average molecular weight is 288 g/mol. The lowest BCUT2D eigenvalue weighted by Gasteiger charge is -2.17. The summed E-state index contributed by atoms with van der Waals surface area (Å²) in [5, 5.41) is 10.9. The van der Waals surface area contributed by atoms with Crippen LogP contribution in [0.1, 0.15) is 27.4 Å². The summed E-state index contributed by atoms with van der Waals surface area (Å²) in [4.78, 5) is 24.3. The predicted octanol–water partition coefficient (Wildman–Crippen LogP) is 3.08. The van der Waals surface area contributed by atoms with Gasteiger partial charge < -0.3 is 9.32 Å². The summed E-state index contributed by atoms with van der Waals surface area (Å²) < 4.78 is 5.43. The van der Waals surface area contributed by atoms with Gasteiger partial charge in [-0.2, -0.15) is 0 Å². The van der Waals surface area contributed by atoms with Gasteiger partial charge in [0.2, 0.25) is 0 Å². The van der Waals surface area contributed by atoms with Gasteiger partial charge >= 0.3 is 0 Å². The zero-order chi connectivity index (χ0) is 15.6. The fraction of sp³-hybridized carbons (Fsp3) is 0.267. The number of furan rings is 1. The van der Waals surface area contributed by atoms with Crippen LogP contribution >= 0.6 is 0 Å². The van der Waals surface area contributed by atoms with E-state index >= 15 is 0 Å². The number of rotatable bonds is 4. The second-order valence-electron chi connectivity index (χ2n) is 4.88. The SMILES string of the molecule is Cc1ccc(CN(C)C(=O)c2cccc([N+](=O)[O-])c2C)o1. The van der Waals surface area contributed by atoms with Gasteiger partial charge in [-0.05, 0) is 32.0 Å². The lowest BCUT2D eigenvalue weighted by Crippen LogP contribution is -2.26. The summed E-state index contributed by atoms with van der Waals surface area (Å²) in [5.41, 5.74) is 0.646. The number of hydrogen-bond acceptors (Lipinski definition) is 4. The fourth-order valence-electron chi connectivity index (χ4n) is 2.13. The van der Waals surface area contributed by atoms with Gasteiger partial charge in [0, 0.05) is 24.2 Å². The number of carbonyl (C=O) groups is 1. The highest BCUT2D eigenvalue weighted by atomic mass is 16.6. The van der Waals surface area contributed by atoms with Crippen LogP contribution < -0.4 is 0 Å². The molecule has 1 aromatic carbocycles. The zero-order valence-corrected chi connectivity index (χ0v) is 12.1. The molecule has 0 spiro atoms. The normalized spacial score (nSPS) is 10.4. The standard InChI is InChI=1S/C15H16N2O4/c1-10-7-8-12(21-10)9-16(3)15(18)13-5-4-6-14(11(13)2)17(19)20/h4-8H,9H2,1-3H3. The first-order valence-electron chi connectivity index (χ1n) is 6.45. The quantitative estimate of drug-likeness (QED) is 0.640. The minimum absolute atomic E-state index is 0.0527. The molecule has 0 fully saturated rings. The molecule has 0 aliphatic carbocycles. The third kappa shape index (κ3) is 3.10. The van der Waals surface area contributed by atoms with Crippen LogP contribution in [0.15, 0.2) is 34.7 Å². The summed E-state index contributed by atoms with van der Waals surface area (Å²) in [5.74, 6) is 1.18. The highest BCUT2D eigenvalue weighted by molar-refractivity contribution is 5.96. The number of amides is 1. The van der Waals surface area contributed by atoms with Gasteiger partial charge in [0.1, 0.15) is 11.5 Å². The third-order valence-corrected chi connectivity index (χ3v) is 3.27. The Bertz CT molecular complexity index is 691. The molecule has 0 atom stereocenters. The van der Waals surface area contributed by atoms with Crippen molar-refractivity contribution in [2.24, 2.45) is 0 Å². The first kappa shape index (κ1) is 14.8. The van der Waals surface area contributed by atoms with E-state index in [0.29, 0.717) is 23.4 Å². The molecule has 0 saturated carbocycles. The van der Waals surface area contributed by atoms with Crippen molar-refractivity contribution in [2.75, 3.05) is 7.05 Å². The molecule has 110 valence electrons. The fourth-order valence-corrected chi connectivity index (χ4v) is 2.13. The van der Waals surface area contributed by atoms with Crippen LogP contribution in [0.25, 0.3) is 0 Å². The molecule has 0 aliphatic heterocycles. The van der Waals surface area contributed by atoms with Crippen LogP contribution in [-0.2, 0) is 6.54 Å². The molecule has 1 amide bonds. The van der Waals surface area contributed by atoms with Gasteiger partial charge in [-0.3, -0.25) is 14.9 Å². The predicted molar refractivity (Wildman–Crippen MR) is 77.1 cm³/mol. The van der Waals surface area contributed by atoms with E-state index in [1.165, 1.54) is 17.0 Å². The van der Waals surface area contributed by atoms with Gasteiger partial charge in [-0.1, -0.05) is 6.07 Å². The number of nitrogens with zero attached hydrogens (tertiary/aromatic N) is 2. The lowest BCUT2D eigenvalue weighted by molar-refractivity contribution is -0.385. The third-order valence-electron chi connectivity index (χ3n) is 3.27. The van der Waals surface area contributed by atoms with Crippen LogP contribution in [0.5, 0.6) is 0 Å². The zero-order valence-electron chi connectivity index (χ0n) is 12.1. The Balaban J connectivity index is 2.23. The second-order valence-corrected chi connectivity index (χ2v) is 4.88. The maximum atomic E-state index is 12.4. The van der Waals surface area contributed by atoms with Gasteiger partial charge in [-0.25, -0.2) is 0 Å². The van der Waals surface area contributed by atoms with Crippen molar-refractivity contribution in [2.45, 2.75) is 20.4 Å². The summed E-state index contributed by atoms with van der Waals surface area (Å²) in [6.45, 7) is 3.72. The van der Waals surface area contributed by atoms with Gasteiger partial charge in [0.05, 0.1) is 11.5 Å². The van der Waals surface area contributed by atoms with E-state index in [9.17, 15) is 14.9 Å². The molecule has 0 unspecified atom stereocenters. The van der Waals surface area contributed by atoms with E-state index < -0.39 is 4.92 Å². The Kier molecular flexibility index (Phi) is 4.07. The molecular weight excluding hydrogens is 272 g/mol. The Labute approximate surface area is 122 Å². The van der Waals surface area contributed by atoms with Gasteiger partial charge in [-0.15, -0.1) is 0 Å². The minimum atomic E-state index is -0.484. The Morgan fingerprint density at radius 1 is 1.29 bits per heavy atom. The summed E-state index contributed by atoms with van der Waals surface area (Å²) in [6.07, 6.45) is 0. The van der Waals surface area contributed by atoms with Crippen molar-refractivity contribution in [1.29, 1.82) is 0 Å². The van der Waals surface area contributed by atoms with E-state index in [2.05, 4.69) is 0 Å². The molecule has 6 nitrogen and oxygen atoms in total. The molecule has 1 aromatic heterocycles. The number of aryl methyl sites for hydroxylation is 1. The highest BCUT2D eigenvalue weighted by Gasteiger charge is 2.21. The van der Waals surface area contributed by atoms with Crippen molar-refractivity contribution in [3.05, 3.63) is 63.1 Å². The average Bonchev–Trinajstić information content (AvgIpc) is 2.83. The molecule has 2 rings (SSSR count). The molecule has 0 radical (unpaired) electrons. The first-order valence-corrected chi connectivity index (χ1v) is 6.45. The number of carbonyl (C=O) groups excluding carboxylic acids is 1. The Morgan fingerprint density at radius 3 is 2.57 bits per heavy atom. The van der Waals surface area contributed by atoms with Crippen LogP contribution in [0.3, 0.4) is 0 Å². The van der Waals surface area contributed by atoms with Crippen LogP contribution in [0.4, 0.5) is 5.69 Å². The number of hydrogen-bond donors (Lipinski definition) is 0. The van der Waals surface area contributed by atoms with Crippen molar-refractivity contribution >= 4 is 11.6 Å². The molecule has 0 saturated heterocycles. The van der Waals surface area contributed by atoms with E-state index in [0.717, 1.165) is 5.76 Å². The van der Waals surface area contributed by atoms with Crippen molar-refractivity contribution in [3.63, 3.8) is 0 Å². The number of benzene rings is 1. The lowest BCUT2D eigenvalue weighted by atomic mass is 10.1. The van der Waals surface area contributed by atoms with E-state index in [4.69, 9.17) is 4.42 Å². The highest BCUT2D eigenvalue weighted by Crippen LogP contribution is 2.22. The maximum absolute atomic E-state index is 12.4. The Morgan fingerprint density at radius 2 is 2.00 bits per heavy atom. The van der Waals surface area contributed by atoms with Gasteiger partial charge in [0.15, 0.2) is 0 Å². The number of nitro benzene ring substituents is 1. The molecule has 6 heteroatoms. The molecule has 21 heavy (non-hydrogen) atoms. The topological polar surface area (TPSA) is 76.6 Å². The summed E-state index contributed by atoms with van der Waals surface area (Å²) in [6, 6.07) is 8.13. The van der Waals surface area contributed by atoms with Crippen molar-refractivity contribution in [3.8, 4) is 0 Å². The molecule has 1 heterocycles. The number of nitro groups is 1. The second kappa shape index (κ2) is 5.78. The Hall–Kier alpha value is -2.63. The maximum Gasteiger partial charge on any atom is 0.273 e. The summed E-state index contributed by atoms with van der Waals surface area (Å²) in [7, 11) is 1.64. The molecule has 0 aliphatic rings. The van der Waals surface area contributed by atoms with Crippen LogP contribution in [0.2, 0.25) is 0 Å². The first-order chi connectivity index (χ1) is 9.90. The molecule has 2 aromatic rings. The smallest absolute Gasteiger partial charge is 0.273 e. The molecular formula is C15H16N2O4. The van der Waals surface area contributed by atoms with Crippen LogP contribution in [0, 0.1) is 24.0 Å². The van der Waals surface area contributed by atoms with Crippen molar-refractivity contribution < 1.29 is 14.1 Å². The minimum Gasteiger partial charge on any atom is -0.464 e. The largest absolute Gasteiger partial charge is 0.464 e. The van der Waals surface area contributed by atoms with Crippen LogP contribution in [-0.4, -0.2) is 22.8 Å². The van der Waals surface area contributed by atoms with E-state index in [-0.39, 0.29) is 11.6 Å². The van der Waals surface area contributed by atoms with E-state index in [1.807, 2.05) is 13.0 Å². The molecule has 0 bridgehead atoms.